The first-order valence-electron chi connectivity index (χ1n) is 22.4. The van der Waals surface area contributed by atoms with Gasteiger partial charge in [-0.15, -0.1) is 0 Å². The van der Waals surface area contributed by atoms with Crippen LogP contribution in [-0.4, -0.2) is 41.9 Å². The summed E-state index contributed by atoms with van der Waals surface area (Å²) in [5.41, 5.74) is 10.9. The van der Waals surface area contributed by atoms with Crippen molar-refractivity contribution in [2.75, 3.05) is 7.05 Å². The molecule has 0 saturated heterocycles. The summed E-state index contributed by atoms with van der Waals surface area (Å²) in [5.74, 6) is 5.70. The predicted molar refractivity (Wildman–Crippen MR) is 244 cm³/mol. The Bertz CT molecular complexity index is 1710. The topological polar surface area (TPSA) is 89.8 Å². The second-order valence-corrected chi connectivity index (χ2v) is 17.2. The molecule has 3 aromatic heterocycles. The summed E-state index contributed by atoms with van der Waals surface area (Å²) >= 11 is 0. The number of fused-ring (bicyclic) bond motifs is 3. The number of rotatable bonds is 6. The van der Waals surface area contributed by atoms with Gasteiger partial charge in [0, 0.05) is 63.5 Å². The predicted octanol–water partition coefficient (Wildman–Crippen LogP) is 13.5. The minimum Gasteiger partial charge on any atom is -0.367 e. The summed E-state index contributed by atoms with van der Waals surface area (Å²) in [5, 5.41) is 0. The Morgan fingerprint density at radius 2 is 1.07 bits per heavy atom. The van der Waals surface area contributed by atoms with E-state index in [0.29, 0.717) is 48.2 Å². The lowest BCUT2D eigenvalue weighted by atomic mass is 9.69. The second-order valence-electron chi connectivity index (χ2n) is 17.2. The molecule has 0 aromatic carbocycles. The maximum absolute atomic E-state index is 5.80. The van der Waals surface area contributed by atoms with Gasteiger partial charge in [0.25, 0.3) is 0 Å². The van der Waals surface area contributed by atoms with E-state index in [1.165, 1.54) is 28.1 Å². The van der Waals surface area contributed by atoms with Crippen LogP contribution in [0.5, 0.6) is 0 Å². The normalized spacial score (nSPS) is 19.0. The lowest BCUT2D eigenvalue weighted by Crippen LogP contribution is -2.33. The van der Waals surface area contributed by atoms with E-state index >= 15 is 0 Å². The molecule has 3 aromatic rings. The van der Waals surface area contributed by atoms with E-state index in [-0.39, 0.29) is 11.5 Å². The van der Waals surface area contributed by atoms with Crippen molar-refractivity contribution in [2.45, 2.75) is 207 Å². The molecule has 0 fully saturated rings. The average molecular weight is 788 g/mol. The van der Waals surface area contributed by atoms with Crippen LogP contribution in [0.4, 0.5) is 0 Å². The van der Waals surface area contributed by atoms with Gasteiger partial charge in [0.1, 0.15) is 23.6 Å². The molecule has 0 N–H and O–H groups in total. The number of aryl methyl sites for hydroxylation is 3. The van der Waals surface area contributed by atoms with E-state index in [2.05, 4.69) is 155 Å². The Balaban J connectivity index is 0.000000401. The van der Waals surface area contributed by atoms with Crippen molar-refractivity contribution < 1.29 is 4.74 Å². The smallest absolute Gasteiger partial charge is 0.131 e. The van der Waals surface area contributed by atoms with Gasteiger partial charge in [-0.1, -0.05) is 144 Å². The highest BCUT2D eigenvalue weighted by atomic mass is 16.5. The molecule has 3 unspecified atom stereocenters. The summed E-state index contributed by atoms with van der Waals surface area (Å²) in [6.45, 7) is 48.6. The number of nitrogens with zero attached hydrogens (tertiary/aromatic N) is 7. The summed E-state index contributed by atoms with van der Waals surface area (Å²) in [6, 6.07) is 0.448. The summed E-state index contributed by atoms with van der Waals surface area (Å²) < 4.78 is 5.80. The van der Waals surface area contributed by atoms with Crippen LogP contribution in [0.1, 0.15) is 236 Å². The van der Waals surface area contributed by atoms with Crippen LogP contribution in [0.2, 0.25) is 0 Å². The van der Waals surface area contributed by atoms with E-state index in [1.807, 2.05) is 41.5 Å². The van der Waals surface area contributed by atoms with Gasteiger partial charge in [-0.05, 0) is 52.0 Å². The van der Waals surface area contributed by atoms with Crippen LogP contribution in [0.15, 0.2) is 6.08 Å². The maximum atomic E-state index is 5.80. The summed E-state index contributed by atoms with van der Waals surface area (Å²) in [6.07, 6.45) is 5.69. The molecule has 0 radical (unpaired) electrons. The summed E-state index contributed by atoms with van der Waals surface area (Å²) in [4.78, 5) is 30.6. The SMILES string of the molecule is CC.CC.CC.Cc1nc(C(C)C)nc2c1C=CCC2(C)C(C)C.Cc1nc(C(C)C)nc2c1CN(C)C2C(C)C.Cc1nc(C(C)C)nc2c1COC2C(C)C. The lowest BCUT2D eigenvalue weighted by Gasteiger charge is -2.36. The Labute approximate surface area is 351 Å². The number of aromatic nitrogens is 6. The third-order valence-electron chi connectivity index (χ3n) is 10.9. The molecule has 0 amide bonds. The molecule has 322 valence electrons. The largest absolute Gasteiger partial charge is 0.367 e. The van der Waals surface area contributed by atoms with Gasteiger partial charge in [0.2, 0.25) is 0 Å². The molecule has 3 atom stereocenters. The highest BCUT2D eigenvalue weighted by Crippen LogP contribution is 2.41. The minimum atomic E-state index is 0.140. The quantitative estimate of drug-likeness (QED) is 0.244. The summed E-state index contributed by atoms with van der Waals surface area (Å²) in [7, 11) is 2.18. The molecule has 6 rings (SSSR count). The Morgan fingerprint density at radius 3 is 1.53 bits per heavy atom. The molecular formula is C49H85N7O. The number of ether oxygens (including phenoxy) is 1. The van der Waals surface area contributed by atoms with E-state index in [0.717, 1.165) is 53.2 Å². The molecule has 8 heteroatoms. The standard InChI is InChI=1S/C16H24N2.C14H23N3.C13H20N2O.3C2H6/c1-10(2)15-17-12(5)13-8-7-9-16(6,11(3)4)14(13)18-15;1-8(2)13-12-11(7-17(13)6)10(5)15-14(16-12)9(3)4;1-7(2)12-11-10(6-16-12)9(5)14-13(15-11)8(3)4;3*1-2/h7-8,10-11H,9H2,1-6H3;8-9,13H,7H2,1-6H3;7-8,12H,6H2,1-5H3;3*1-2H3. The van der Waals surface area contributed by atoms with Gasteiger partial charge >= 0.3 is 0 Å². The molecule has 8 nitrogen and oxygen atoms in total. The number of hydrogen-bond acceptors (Lipinski definition) is 8. The molecule has 5 heterocycles. The highest BCUT2D eigenvalue weighted by molar-refractivity contribution is 5.59. The van der Waals surface area contributed by atoms with Gasteiger partial charge in [0.15, 0.2) is 0 Å². The van der Waals surface area contributed by atoms with Crippen LogP contribution in [0.25, 0.3) is 6.08 Å². The van der Waals surface area contributed by atoms with E-state index in [4.69, 9.17) is 14.7 Å². The van der Waals surface area contributed by atoms with E-state index < -0.39 is 0 Å². The van der Waals surface area contributed by atoms with Gasteiger partial charge in [-0.2, -0.15) is 0 Å². The fourth-order valence-electron chi connectivity index (χ4n) is 7.32. The average Bonchev–Trinajstić information content (AvgIpc) is 3.76. The van der Waals surface area contributed by atoms with E-state index in [1.54, 1.807) is 0 Å². The third-order valence-corrected chi connectivity index (χ3v) is 10.9. The first-order valence-corrected chi connectivity index (χ1v) is 22.4. The zero-order chi connectivity index (χ0) is 44.1. The molecule has 0 saturated carbocycles. The van der Waals surface area contributed by atoms with Gasteiger partial charge in [0.05, 0.1) is 29.7 Å². The molecule has 0 bridgehead atoms. The monoisotopic (exact) mass is 788 g/mol. The molecule has 1 aliphatic carbocycles. The number of hydrogen-bond donors (Lipinski definition) is 0. The molecule has 0 spiro atoms. The maximum Gasteiger partial charge on any atom is 0.131 e. The van der Waals surface area contributed by atoms with Crippen molar-refractivity contribution in [2.24, 2.45) is 17.8 Å². The van der Waals surface area contributed by atoms with E-state index in [9.17, 15) is 0 Å². The van der Waals surface area contributed by atoms with Crippen LogP contribution in [0, 0.1) is 38.5 Å². The van der Waals surface area contributed by atoms with Crippen LogP contribution in [-0.2, 0) is 23.3 Å². The Morgan fingerprint density at radius 1 is 0.614 bits per heavy atom. The first-order chi connectivity index (χ1) is 26.8. The van der Waals surface area contributed by atoms with Gasteiger partial charge < -0.3 is 4.74 Å². The fraction of sp³-hybridized carbons (Fsp3) is 0.714. The van der Waals surface area contributed by atoms with Gasteiger partial charge in [-0.3, -0.25) is 4.90 Å². The number of allylic oxidation sites excluding steroid dienone is 1. The van der Waals surface area contributed by atoms with Crippen LogP contribution < -0.4 is 0 Å². The molecule has 57 heavy (non-hydrogen) atoms. The Hall–Kier alpha value is -3.10. The van der Waals surface area contributed by atoms with Gasteiger partial charge in [-0.25, -0.2) is 29.9 Å². The Kier molecular flexibility index (Phi) is 21.4. The van der Waals surface area contributed by atoms with Crippen molar-refractivity contribution in [3.05, 3.63) is 74.4 Å². The zero-order valence-electron chi connectivity index (χ0n) is 40.9. The molecule has 3 aliphatic rings. The van der Waals surface area contributed by atoms with Crippen molar-refractivity contribution in [1.29, 1.82) is 0 Å². The minimum absolute atomic E-state index is 0.140. The first kappa shape index (κ1) is 51.9. The van der Waals surface area contributed by atoms with Crippen LogP contribution >= 0.6 is 0 Å². The van der Waals surface area contributed by atoms with Crippen LogP contribution in [0.3, 0.4) is 0 Å². The zero-order valence-corrected chi connectivity index (χ0v) is 40.9. The molecular weight excluding hydrogens is 703 g/mol. The van der Waals surface area contributed by atoms with Crippen molar-refractivity contribution in [1.82, 2.24) is 34.8 Å². The lowest BCUT2D eigenvalue weighted by molar-refractivity contribution is 0.0321. The fourth-order valence-corrected chi connectivity index (χ4v) is 7.32. The molecule has 2 aliphatic heterocycles. The second kappa shape index (κ2) is 23.5. The third kappa shape index (κ3) is 12.5. The van der Waals surface area contributed by atoms with Crippen molar-refractivity contribution >= 4 is 6.08 Å². The highest BCUT2D eigenvalue weighted by Gasteiger charge is 2.36. The van der Waals surface area contributed by atoms with Crippen molar-refractivity contribution in [3.63, 3.8) is 0 Å². The van der Waals surface area contributed by atoms with Crippen molar-refractivity contribution in [3.8, 4) is 0 Å².